The van der Waals surface area contributed by atoms with Gasteiger partial charge in [0, 0.05) is 24.0 Å². The van der Waals surface area contributed by atoms with E-state index in [4.69, 9.17) is 16.7 Å². The standard InChI is InChI=1S/C12H10ClNO2/c13-11-3-1-2-9(6-11)7-14-5-4-10(8-14)12(15)16/h1-6,8H,7H2,(H,15,16). The van der Waals surface area contributed by atoms with Crippen LogP contribution in [-0.4, -0.2) is 15.6 Å². The van der Waals surface area contributed by atoms with Crippen LogP contribution >= 0.6 is 11.6 Å². The van der Waals surface area contributed by atoms with Crippen LogP contribution in [0.25, 0.3) is 0 Å². The first-order valence-corrected chi connectivity index (χ1v) is 5.16. The molecule has 0 aliphatic heterocycles. The highest BCUT2D eigenvalue weighted by Gasteiger charge is 2.04. The van der Waals surface area contributed by atoms with Gasteiger partial charge < -0.3 is 9.67 Å². The number of halogens is 1. The third kappa shape index (κ3) is 2.44. The molecule has 1 aromatic heterocycles. The molecule has 4 heteroatoms. The van der Waals surface area contributed by atoms with Crippen LogP contribution in [0.15, 0.2) is 42.7 Å². The second-order valence-electron chi connectivity index (χ2n) is 3.51. The summed E-state index contributed by atoms with van der Waals surface area (Å²) >= 11 is 5.86. The van der Waals surface area contributed by atoms with Gasteiger partial charge in [0.05, 0.1) is 5.56 Å². The monoisotopic (exact) mass is 235 g/mol. The summed E-state index contributed by atoms with van der Waals surface area (Å²) in [6.07, 6.45) is 3.34. The summed E-state index contributed by atoms with van der Waals surface area (Å²) in [5.41, 5.74) is 1.34. The third-order valence-electron chi connectivity index (χ3n) is 2.25. The number of benzene rings is 1. The van der Waals surface area contributed by atoms with Gasteiger partial charge in [-0.2, -0.15) is 0 Å². The predicted octanol–water partition coefficient (Wildman–Crippen LogP) is 2.89. The molecule has 0 amide bonds. The first kappa shape index (κ1) is 10.8. The lowest BCUT2D eigenvalue weighted by atomic mass is 10.2. The Morgan fingerprint density at radius 3 is 2.81 bits per heavy atom. The number of hydrogen-bond acceptors (Lipinski definition) is 1. The van der Waals surface area contributed by atoms with Crippen LogP contribution in [0.3, 0.4) is 0 Å². The summed E-state index contributed by atoms with van der Waals surface area (Å²) in [6.45, 7) is 0.619. The van der Waals surface area contributed by atoms with Gasteiger partial charge in [0.15, 0.2) is 0 Å². The summed E-state index contributed by atoms with van der Waals surface area (Å²) in [4.78, 5) is 10.7. The molecular weight excluding hydrogens is 226 g/mol. The van der Waals surface area contributed by atoms with Crippen LogP contribution in [0.1, 0.15) is 15.9 Å². The molecule has 1 heterocycles. The number of hydrogen-bond donors (Lipinski definition) is 1. The normalized spacial score (nSPS) is 10.3. The van der Waals surface area contributed by atoms with Gasteiger partial charge in [0.25, 0.3) is 0 Å². The minimum Gasteiger partial charge on any atom is -0.478 e. The van der Waals surface area contributed by atoms with Crippen LogP contribution in [0.5, 0.6) is 0 Å². The fourth-order valence-electron chi connectivity index (χ4n) is 1.51. The Kier molecular flexibility index (Phi) is 2.97. The van der Waals surface area contributed by atoms with Gasteiger partial charge >= 0.3 is 5.97 Å². The Morgan fingerprint density at radius 1 is 1.38 bits per heavy atom. The highest BCUT2D eigenvalue weighted by molar-refractivity contribution is 6.30. The van der Waals surface area contributed by atoms with Crippen LogP contribution in [-0.2, 0) is 6.54 Å². The smallest absolute Gasteiger partial charge is 0.337 e. The number of aromatic nitrogens is 1. The molecule has 1 N–H and O–H groups in total. The minimum absolute atomic E-state index is 0.294. The lowest BCUT2D eigenvalue weighted by molar-refractivity contribution is 0.0697. The van der Waals surface area contributed by atoms with Gasteiger partial charge in [0.1, 0.15) is 0 Å². The molecule has 16 heavy (non-hydrogen) atoms. The number of carbonyl (C=O) groups is 1. The van der Waals surface area contributed by atoms with Crippen molar-refractivity contribution in [3.05, 3.63) is 58.9 Å². The number of aromatic carboxylic acids is 1. The van der Waals surface area contributed by atoms with Crippen molar-refractivity contribution >= 4 is 17.6 Å². The molecule has 0 fully saturated rings. The van der Waals surface area contributed by atoms with Crippen molar-refractivity contribution in [2.75, 3.05) is 0 Å². The van der Waals surface area contributed by atoms with Crippen LogP contribution < -0.4 is 0 Å². The van der Waals surface area contributed by atoms with E-state index in [0.717, 1.165) is 5.56 Å². The van der Waals surface area contributed by atoms with Gasteiger partial charge in [0.2, 0.25) is 0 Å². The summed E-state index contributed by atoms with van der Waals surface area (Å²) in [5.74, 6) is -0.912. The van der Waals surface area contributed by atoms with Crippen molar-refractivity contribution in [1.29, 1.82) is 0 Å². The van der Waals surface area contributed by atoms with Gasteiger partial charge in [-0.15, -0.1) is 0 Å². The van der Waals surface area contributed by atoms with Crippen molar-refractivity contribution in [2.45, 2.75) is 6.54 Å². The zero-order chi connectivity index (χ0) is 11.5. The fraction of sp³-hybridized carbons (Fsp3) is 0.0833. The van der Waals surface area contributed by atoms with Gasteiger partial charge in [-0.3, -0.25) is 0 Å². The maximum atomic E-state index is 10.7. The Labute approximate surface area is 97.9 Å². The topological polar surface area (TPSA) is 42.2 Å². The third-order valence-corrected chi connectivity index (χ3v) is 2.49. The molecule has 0 spiro atoms. The van der Waals surface area contributed by atoms with Crippen molar-refractivity contribution in [1.82, 2.24) is 4.57 Å². The van der Waals surface area contributed by atoms with E-state index in [9.17, 15) is 4.79 Å². The highest BCUT2D eigenvalue weighted by Crippen LogP contribution is 2.12. The maximum Gasteiger partial charge on any atom is 0.337 e. The predicted molar refractivity (Wildman–Crippen MR) is 61.9 cm³/mol. The molecule has 0 saturated carbocycles. The zero-order valence-electron chi connectivity index (χ0n) is 8.43. The van der Waals surface area contributed by atoms with E-state index in [1.807, 2.05) is 28.8 Å². The molecule has 0 aliphatic carbocycles. The second kappa shape index (κ2) is 4.41. The lowest BCUT2D eigenvalue weighted by Crippen LogP contribution is -1.97. The van der Waals surface area contributed by atoms with Crippen LogP contribution in [0.2, 0.25) is 5.02 Å². The maximum absolute atomic E-state index is 10.7. The van der Waals surface area contributed by atoms with E-state index in [0.29, 0.717) is 17.1 Å². The molecule has 0 unspecified atom stereocenters. The van der Waals surface area contributed by atoms with E-state index in [2.05, 4.69) is 0 Å². The van der Waals surface area contributed by atoms with Gasteiger partial charge in [-0.05, 0) is 23.8 Å². The molecule has 0 atom stereocenters. The number of nitrogens with zero attached hydrogens (tertiary/aromatic N) is 1. The molecule has 3 nitrogen and oxygen atoms in total. The zero-order valence-corrected chi connectivity index (χ0v) is 9.19. The van der Waals surface area contributed by atoms with Crippen LogP contribution in [0.4, 0.5) is 0 Å². The highest BCUT2D eigenvalue weighted by atomic mass is 35.5. The lowest BCUT2D eigenvalue weighted by Gasteiger charge is -2.03. The SMILES string of the molecule is O=C(O)c1ccn(Cc2cccc(Cl)c2)c1. The molecule has 0 aliphatic rings. The van der Waals surface area contributed by atoms with E-state index in [1.54, 1.807) is 18.5 Å². The van der Waals surface area contributed by atoms with Crippen molar-refractivity contribution in [3.8, 4) is 0 Å². The number of carboxylic acids is 1. The number of rotatable bonds is 3. The van der Waals surface area contributed by atoms with Crippen LogP contribution in [0, 0.1) is 0 Å². The molecule has 1 aromatic carbocycles. The summed E-state index contributed by atoms with van der Waals surface area (Å²) in [6, 6.07) is 9.07. The van der Waals surface area contributed by atoms with Crippen molar-refractivity contribution in [3.63, 3.8) is 0 Å². The molecule has 2 aromatic rings. The van der Waals surface area contributed by atoms with Crippen molar-refractivity contribution in [2.24, 2.45) is 0 Å². The van der Waals surface area contributed by atoms with E-state index < -0.39 is 5.97 Å². The molecular formula is C12H10ClNO2. The summed E-state index contributed by atoms with van der Waals surface area (Å²) < 4.78 is 1.81. The molecule has 0 bridgehead atoms. The second-order valence-corrected chi connectivity index (χ2v) is 3.94. The first-order chi connectivity index (χ1) is 7.65. The Balaban J connectivity index is 2.17. The average Bonchev–Trinajstić information content (AvgIpc) is 2.66. The van der Waals surface area contributed by atoms with Crippen molar-refractivity contribution < 1.29 is 9.90 Å². The van der Waals surface area contributed by atoms with E-state index in [1.165, 1.54) is 0 Å². The fourth-order valence-corrected chi connectivity index (χ4v) is 1.72. The summed E-state index contributed by atoms with van der Waals surface area (Å²) in [7, 11) is 0. The molecule has 0 radical (unpaired) electrons. The first-order valence-electron chi connectivity index (χ1n) is 4.78. The Hall–Kier alpha value is -1.74. The summed E-state index contributed by atoms with van der Waals surface area (Å²) in [5, 5.41) is 9.46. The molecule has 2 rings (SSSR count). The minimum atomic E-state index is -0.912. The molecule has 82 valence electrons. The Bertz CT molecular complexity index is 519. The van der Waals surface area contributed by atoms with Gasteiger partial charge in [-0.1, -0.05) is 23.7 Å². The Morgan fingerprint density at radius 2 is 2.19 bits per heavy atom. The molecule has 0 saturated heterocycles. The van der Waals surface area contributed by atoms with E-state index in [-0.39, 0.29) is 0 Å². The van der Waals surface area contributed by atoms with Gasteiger partial charge in [-0.25, -0.2) is 4.79 Å². The average molecular weight is 236 g/mol. The number of carboxylic acid groups (broad SMARTS) is 1. The largest absolute Gasteiger partial charge is 0.478 e. The quantitative estimate of drug-likeness (QED) is 0.889. The van der Waals surface area contributed by atoms with E-state index >= 15 is 0 Å².